The fourth-order valence-corrected chi connectivity index (χ4v) is 1.84. The predicted molar refractivity (Wildman–Crippen MR) is 61.2 cm³/mol. The Bertz CT molecular complexity index is 275. The Kier molecular flexibility index (Phi) is 5.37. The number of rotatable bonds is 4. The highest BCUT2D eigenvalue weighted by Gasteiger charge is 2.30. The molecule has 0 radical (unpaired) electrons. The molecule has 1 fully saturated rings. The van der Waals surface area contributed by atoms with Crippen molar-refractivity contribution in [2.24, 2.45) is 5.73 Å². The summed E-state index contributed by atoms with van der Waals surface area (Å²) in [4.78, 5) is 24.8. The number of likely N-dealkylation sites (tertiary alicyclic amines) is 1. The molecule has 1 heterocycles. The zero-order chi connectivity index (χ0) is 12.8. The van der Waals surface area contributed by atoms with E-state index in [1.165, 1.54) is 0 Å². The van der Waals surface area contributed by atoms with Crippen molar-refractivity contribution in [1.29, 1.82) is 0 Å². The molecule has 6 heteroatoms. The van der Waals surface area contributed by atoms with E-state index in [4.69, 9.17) is 15.2 Å². The predicted octanol–water partition coefficient (Wildman–Crippen LogP) is -0.486. The number of methoxy groups -OCH3 is 1. The number of ether oxygens (including phenoxy) is 2. The van der Waals surface area contributed by atoms with Gasteiger partial charge in [-0.2, -0.15) is 0 Å². The molecule has 6 nitrogen and oxygen atoms in total. The van der Waals surface area contributed by atoms with Gasteiger partial charge in [-0.1, -0.05) is 0 Å². The van der Waals surface area contributed by atoms with Gasteiger partial charge in [0, 0.05) is 20.2 Å². The molecule has 0 aliphatic carbocycles. The monoisotopic (exact) mass is 244 g/mol. The van der Waals surface area contributed by atoms with E-state index in [2.05, 4.69) is 0 Å². The van der Waals surface area contributed by atoms with Gasteiger partial charge in [-0.3, -0.25) is 4.79 Å². The summed E-state index contributed by atoms with van der Waals surface area (Å²) in [6.45, 7) is 3.06. The van der Waals surface area contributed by atoms with Crippen LogP contribution in [0.5, 0.6) is 0 Å². The average Bonchev–Trinajstić information content (AvgIpc) is 2.37. The third-order valence-corrected chi connectivity index (χ3v) is 2.89. The maximum Gasteiger partial charge on any atom is 0.332 e. The summed E-state index contributed by atoms with van der Waals surface area (Å²) >= 11 is 0. The molecule has 1 aliphatic rings. The molecule has 1 saturated heterocycles. The summed E-state index contributed by atoms with van der Waals surface area (Å²) in [5, 5.41) is 0. The molecule has 1 aliphatic heterocycles. The highest BCUT2D eigenvalue weighted by atomic mass is 16.5. The molecule has 1 rings (SSSR count). The van der Waals surface area contributed by atoms with Crippen LogP contribution in [-0.2, 0) is 19.1 Å². The summed E-state index contributed by atoms with van der Waals surface area (Å²) in [5.41, 5.74) is 5.55. The second-order valence-corrected chi connectivity index (χ2v) is 3.99. The lowest BCUT2D eigenvalue weighted by atomic mass is 10.1. The van der Waals surface area contributed by atoms with E-state index < -0.39 is 12.0 Å². The van der Waals surface area contributed by atoms with Crippen LogP contribution in [0.15, 0.2) is 0 Å². The van der Waals surface area contributed by atoms with Crippen molar-refractivity contribution in [2.45, 2.75) is 31.9 Å². The number of amides is 1. The maximum absolute atomic E-state index is 11.9. The topological polar surface area (TPSA) is 81.9 Å². The molecular formula is C11H20N2O4. The summed E-state index contributed by atoms with van der Waals surface area (Å²) in [6.07, 6.45) is 1.74. The van der Waals surface area contributed by atoms with E-state index in [0.717, 1.165) is 12.8 Å². The lowest BCUT2D eigenvalue weighted by molar-refractivity contribution is -0.151. The quantitative estimate of drug-likeness (QED) is 0.533. The van der Waals surface area contributed by atoms with Crippen LogP contribution in [0, 0.1) is 0 Å². The number of piperidine rings is 1. The SMILES string of the molecule is CCOC(=O)C(N)C(=O)N1CCC(OC)CC1. The van der Waals surface area contributed by atoms with Crippen molar-refractivity contribution in [2.75, 3.05) is 26.8 Å². The number of carbonyl (C=O) groups is 2. The molecule has 17 heavy (non-hydrogen) atoms. The zero-order valence-electron chi connectivity index (χ0n) is 10.3. The van der Waals surface area contributed by atoms with Gasteiger partial charge >= 0.3 is 5.97 Å². The van der Waals surface area contributed by atoms with Crippen LogP contribution >= 0.6 is 0 Å². The lowest BCUT2D eigenvalue weighted by Crippen LogP contribution is -2.51. The standard InChI is InChI=1S/C11H20N2O4/c1-3-17-11(15)9(12)10(14)13-6-4-8(16-2)5-7-13/h8-9H,3-7,12H2,1-2H3. The average molecular weight is 244 g/mol. The third kappa shape index (κ3) is 3.67. The number of hydrogen-bond donors (Lipinski definition) is 1. The fraction of sp³-hybridized carbons (Fsp3) is 0.818. The second-order valence-electron chi connectivity index (χ2n) is 3.99. The van der Waals surface area contributed by atoms with E-state index in [9.17, 15) is 9.59 Å². The van der Waals surface area contributed by atoms with E-state index in [1.807, 2.05) is 0 Å². The number of nitrogens with two attached hydrogens (primary N) is 1. The molecule has 0 aromatic rings. The maximum atomic E-state index is 11.9. The van der Waals surface area contributed by atoms with Crippen LogP contribution in [0.4, 0.5) is 0 Å². The lowest BCUT2D eigenvalue weighted by Gasteiger charge is -2.32. The summed E-state index contributed by atoms with van der Waals surface area (Å²) in [7, 11) is 1.66. The minimum atomic E-state index is -1.20. The van der Waals surface area contributed by atoms with Crippen molar-refractivity contribution >= 4 is 11.9 Å². The van der Waals surface area contributed by atoms with E-state index in [-0.39, 0.29) is 18.6 Å². The van der Waals surface area contributed by atoms with E-state index >= 15 is 0 Å². The molecule has 1 unspecified atom stereocenters. The minimum absolute atomic E-state index is 0.192. The number of esters is 1. The number of hydrogen-bond acceptors (Lipinski definition) is 5. The summed E-state index contributed by atoms with van der Waals surface area (Å²) in [6, 6.07) is -1.20. The van der Waals surface area contributed by atoms with E-state index in [0.29, 0.717) is 13.1 Å². The summed E-state index contributed by atoms with van der Waals surface area (Å²) in [5.74, 6) is -1.02. The van der Waals surface area contributed by atoms with Crippen LogP contribution in [0.1, 0.15) is 19.8 Å². The van der Waals surface area contributed by atoms with Gasteiger partial charge in [0.2, 0.25) is 0 Å². The van der Waals surface area contributed by atoms with Gasteiger partial charge in [0.15, 0.2) is 6.04 Å². The van der Waals surface area contributed by atoms with Crippen molar-refractivity contribution in [3.05, 3.63) is 0 Å². The summed E-state index contributed by atoms with van der Waals surface area (Å²) < 4.78 is 9.93. The van der Waals surface area contributed by atoms with Gasteiger partial charge < -0.3 is 20.1 Å². The highest BCUT2D eigenvalue weighted by Crippen LogP contribution is 2.13. The number of carbonyl (C=O) groups excluding carboxylic acids is 2. The van der Waals surface area contributed by atoms with Gasteiger partial charge in [-0.25, -0.2) is 4.79 Å². The van der Waals surface area contributed by atoms with Gasteiger partial charge in [-0.15, -0.1) is 0 Å². The van der Waals surface area contributed by atoms with Crippen molar-refractivity contribution in [3.63, 3.8) is 0 Å². The van der Waals surface area contributed by atoms with Crippen LogP contribution in [0.2, 0.25) is 0 Å². The molecular weight excluding hydrogens is 224 g/mol. The van der Waals surface area contributed by atoms with E-state index in [1.54, 1.807) is 18.9 Å². The Hall–Kier alpha value is -1.14. The smallest absolute Gasteiger partial charge is 0.332 e. The molecule has 0 aromatic heterocycles. The molecule has 0 aromatic carbocycles. The fourth-order valence-electron chi connectivity index (χ4n) is 1.84. The molecule has 2 N–H and O–H groups in total. The Morgan fingerprint density at radius 2 is 2.00 bits per heavy atom. The van der Waals surface area contributed by atoms with Crippen LogP contribution in [0.3, 0.4) is 0 Å². The molecule has 1 atom stereocenters. The van der Waals surface area contributed by atoms with Crippen molar-refractivity contribution in [3.8, 4) is 0 Å². The Balaban J connectivity index is 2.45. The van der Waals surface area contributed by atoms with Gasteiger partial charge in [0.1, 0.15) is 0 Å². The normalized spacial score (nSPS) is 18.9. The Morgan fingerprint density at radius 1 is 1.41 bits per heavy atom. The molecule has 0 bridgehead atoms. The second kappa shape index (κ2) is 6.56. The number of nitrogens with zero attached hydrogens (tertiary/aromatic N) is 1. The Morgan fingerprint density at radius 3 is 2.47 bits per heavy atom. The zero-order valence-corrected chi connectivity index (χ0v) is 10.3. The largest absolute Gasteiger partial charge is 0.464 e. The molecule has 0 saturated carbocycles. The van der Waals surface area contributed by atoms with Crippen molar-refractivity contribution in [1.82, 2.24) is 4.90 Å². The first kappa shape index (κ1) is 13.9. The molecule has 0 spiro atoms. The first-order valence-corrected chi connectivity index (χ1v) is 5.84. The van der Waals surface area contributed by atoms with Crippen molar-refractivity contribution < 1.29 is 19.1 Å². The van der Waals surface area contributed by atoms with Gasteiger partial charge in [0.25, 0.3) is 5.91 Å². The van der Waals surface area contributed by atoms with Gasteiger partial charge in [0.05, 0.1) is 12.7 Å². The first-order valence-electron chi connectivity index (χ1n) is 5.84. The molecule has 1 amide bonds. The van der Waals surface area contributed by atoms with Crippen LogP contribution in [0.25, 0.3) is 0 Å². The van der Waals surface area contributed by atoms with Crippen LogP contribution < -0.4 is 5.73 Å². The van der Waals surface area contributed by atoms with Crippen LogP contribution in [-0.4, -0.2) is 55.7 Å². The van der Waals surface area contributed by atoms with Gasteiger partial charge in [-0.05, 0) is 19.8 Å². The first-order chi connectivity index (χ1) is 8.10. The Labute approximate surface area is 101 Å². The third-order valence-electron chi connectivity index (χ3n) is 2.89. The molecule has 98 valence electrons. The highest BCUT2D eigenvalue weighted by molar-refractivity contribution is 6.01. The minimum Gasteiger partial charge on any atom is -0.464 e.